The van der Waals surface area contributed by atoms with Crippen LogP contribution >= 0.6 is 0 Å². The van der Waals surface area contributed by atoms with E-state index < -0.39 is 10.0 Å². The monoisotopic (exact) mass is 542 g/mol. The van der Waals surface area contributed by atoms with Gasteiger partial charge in [-0.1, -0.05) is 44.0 Å². The molecule has 0 aliphatic carbocycles. The number of ether oxygens (including phenoxy) is 2. The molecule has 0 N–H and O–H groups in total. The summed E-state index contributed by atoms with van der Waals surface area (Å²) in [5.74, 6) is 2.35. The molecule has 0 atom stereocenters. The number of hydrogen-bond acceptors (Lipinski definition) is 6. The molecule has 0 saturated heterocycles. The molecule has 3 rings (SSSR count). The van der Waals surface area contributed by atoms with E-state index in [1.165, 1.54) is 4.31 Å². The van der Waals surface area contributed by atoms with E-state index in [1.54, 1.807) is 49.5 Å². The van der Waals surface area contributed by atoms with Gasteiger partial charge in [0.25, 0.3) is 0 Å². The van der Waals surface area contributed by atoms with Crippen LogP contribution in [0.2, 0.25) is 0 Å². The molecule has 0 aliphatic rings. The van der Waals surface area contributed by atoms with Crippen molar-refractivity contribution in [2.75, 3.05) is 33.9 Å². The maximum absolute atomic E-state index is 13.7. The minimum absolute atomic E-state index is 0.183. The SMILES string of the molecule is CCCCCN(CC(=O)N(CCc1ccc(OC)c(OC)c1)Cc1ccc(C)o1)S(=O)(=O)c1ccccc1. The van der Waals surface area contributed by atoms with Crippen LogP contribution in [0, 0.1) is 6.92 Å². The van der Waals surface area contributed by atoms with Crippen LogP contribution in [0.5, 0.6) is 11.5 Å². The zero-order valence-corrected chi connectivity index (χ0v) is 23.5. The Kier molecular flexibility index (Phi) is 10.8. The second-order valence-electron chi connectivity index (χ2n) is 9.13. The van der Waals surface area contributed by atoms with E-state index in [0.29, 0.717) is 36.6 Å². The van der Waals surface area contributed by atoms with Crippen molar-refractivity contribution < 1.29 is 27.1 Å². The summed E-state index contributed by atoms with van der Waals surface area (Å²) in [6.45, 7) is 4.56. The highest BCUT2D eigenvalue weighted by molar-refractivity contribution is 7.89. The molecule has 0 fully saturated rings. The van der Waals surface area contributed by atoms with Gasteiger partial charge in [0.1, 0.15) is 11.5 Å². The van der Waals surface area contributed by atoms with Crippen LogP contribution in [0.3, 0.4) is 0 Å². The number of carbonyl (C=O) groups excluding carboxylic acids is 1. The standard InChI is InChI=1S/C29H38N2O6S/c1-5-6-10-18-31(38(33,34)26-11-8-7-9-12-26)22-29(32)30(21-25-15-13-23(2)37-25)19-17-24-14-16-27(35-3)28(20-24)36-4/h7-9,11-16,20H,5-6,10,17-19,21-22H2,1-4H3. The van der Waals surface area contributed by atoms with Crippen LogP contribution in [0.4, 0.5) is 0 Å². The number of rotatable bonds is 15. The first kappa shape index (κ1) is 29.3. The average molecular weight is 543 g/mol. The second kappa shape index (κ2) is 14.0. The fourth-order valence-electron chi connectivity index (χ4n) is 4.17. The Bertz CT molecular complexity index is 1270. The van der Waals surface area contributed by atoms with E-state index in [2.05, 4.69) is 6.92 Å². The molecule has 1 heterocycles. The Morgan fingerprint density at radius 3 is 2.29 bits per heavy atom. The zero-order valence-electron chi connectivity index (χ0n) is 22.7. The number of furan rings is 1. The Morgan fingerprint density at radius 1 is 0.921 bits per heavy atom. The second-order valence-corrected chi connectivity index (χ2v) is 11.1. The van der Waals surface area contributed by atoms with Crippen LogP contribution in [0.15, 0.2) is 70.0 Å². The maximum Gasteiger partial charge on any atom is 0.243 e. The van der Waals surface area contributed by atoms with Gasteiger partial charge in [0.15, 0.2) is 11.5 Å². The quantitative estimate of drug-likeness (QED) is 0.250. The van der Waals surface area contributed by atoms with Crippen molar-refractivity contribution in [3.63, 3.8) is 0 Å². The van der Waals surface area contributed by atoms with E-state index >= 15 is 0 Å². The predicted molar refractivity (Wildman–Crippen MR) is 147 cm³/mol. The number of benzene rings is 2. The lowest BCUT2D eigenvalue weighted by Gasteiger charge is -2.27. The molecule has 1 aromatic heterocycles. The summed E-state index contributed by atoms with van der Waals surface area (Å²) >= 11 is 0. The Hall–Kier alpha value is -3.30. The lowest BCUT2D eigenvalue weighted by Crippen LogP contribution is -2.43. The lowest BCUT2D eigenvalue weighted by molar-refractivity contribution is -0.132. The highest BCUT2D eigenvalue weighted by atomic mass is 32.2. The molecule has 0 aliphatic heterocycles. The number of hydrogen-bond donors (Lipinski definition) is 0. The molecular weight excluding hydrogens is 504 g/mol. The van der Waals surface area contributed by atoms with Gasteiger partial charge in [-0.15, -0.1) is 0 Å². The predicted octanol–water partition coefficient (Wildman–Crippen LogP) is 5.06. The van der Waals surface area contributed by atoms with E-state index in [0.717, 1.165) is 24.2 Å². The van der Waals surface area contributed by atoms with Crippen LogP contribution in [0.25, 0.3) is 0 Å². The van der Waals surface area contributed by atoms with Gasteiger partial charge in [0.2, 0.25) is 15.9 Å². The molecule has 9 heteroatoms. The smallest absolute Gasteiger partial charge is 0.243 e. The van der Waals surface area contributed by atoms with E-state index in [4.69, 9.17) is 13.9 Å². The molecule has 0 bridgehead atoms. The highest BCUT2D eigenvalue weighted by Gasteiger charge is 2.28. The fourth-order valence-corrected chi connectivity index (χ4v) is 5.61. The van der Waals surface area contributed by atoms with Gasteiger partial charge in [-0.3, -0.25) is 4.79 Å². The van der Waals surface area contributed by atoms with E-state index in [1.807, 2.05) is 37.3 Å². The third kappa shape index (κ3) is 7.85. The van der Waals surface area contributed by atoms with Crippen molar-refractivity contribution >= 4 is 15.9 Å². The third-order valence-electron chi connectivity index (χ3n) is 6.32. The van der Waals surface area contributed by atoms with Crippen LogP contribution < -0.4 is 9.47 Å². The van der Waals surface area contributed by atoms with Crippen LogP contribution in [-0.2, 0) is 27.8 Å². The Morgan fingerprint density at radius 2 is 1.66 bits per heavy atom. The van der Waals surface area contributed by atoms with Crippen LogP contribution in [-0.4, -0.2) is 57.4 Å². The summed E-state index contributed by atoms with van der Waals surface area (Å²) < 4.78 is 44.7. The molecular formula is C29H38N2O6S. The number of unbranched alkanes of at least 4 members (excludes halogenated alkanes) is 2. The summed E-state index contributed by atoms with van der Waals surface area (Å²) in [6.07, 6.45) is 3.05. The first-order valence-corrected chi connectivity index (χ1v) is 14.3. The van der Waals surface area contributed by atoms with Gasteiger partial charge in [0, 0.05) is 13.1 Å². The minimum atomic E-state index is -3.83. The highest BCUT2D eigenvalue weighted by Crippen LogP contribution is 2.28. The Labute approximate surface area is 226 Å². The fraction of sp³-hybridized carbons (Fsp3) is 0.414. The minimum Gasteiger partial charge on any atom is -0.493 e. The Balaban J connectivity index is 1.83. The van der Waals surface area contributed by atoms with Crippen molar-refractivity contribution in [2.24, 2.45) is 0 Å². The first-order valence-electron chi connectivity index (χ1n) is 12.9. The van der Waals surface area contributed by atoms with Gasteiger partial charge in [-0.25, -0.2) is 8.42 Å². The van der Waals surface area contributed by atoms with E-state index in [-0.39, 0.29) is 30.4 Å². The summed E-state index contributed by atoms with van der Waals surface area (Å²) in [4.78, 5) is 15.5. The van der Waals surface area contributed by atoms with Crippen molar-refractivity contribution in [3.8, 4) is 11.5 Å². The number of carbonyl (C=O) groups is 1. The molecule has 38 heavy (non-hydrogen) atoms. The maximum atomic E-state index is 13.7. The molecule has 2 aromatic carbocycles. The van der Waals surface area contributed by atoms with Gasteiger partial charge < -0.3 is 18.8 Å². The van der Waals surface area contributed by atoms with Crippen molar-refractivity contribution in [1.29, 1.82) is 0 Å². The summed E-state index contributed by atoms with van der Waals surface area (Å²) in [5, 5.41) is 0. The molecule has 8 nitrogen and oxygen atoms in total. The van der Waals surface area contributed by atoms with E-state index in [9.17, 15) is 13.2 Å². The number of sulfonamides is 1. The summed E-state index contributed by atoms with van der Waals surface area (Å²) in [6, 6.07) is 17.6. The molecule has 1 amide bonds. The molecule has 0 unspecified atom stereocenters. The molecule has 0 radical (unpaired) electrons. The van der Waals surface area contributed by atoms with Crippen molar-refractivity contribution in [3.05, 3.63) is 77.7 Å². The zero-order chi connectivity index (χ0) is 27.5. The van der Waals surface area contributed by atoms with Gasteiger partial charge in [0.05, 0.1) is 32.2 Å². The molecule has 3 aromatic rings. The topological polar surface area (TPSA) is 89.3 Å². The van der Waals surface area contributed by atoms with Crippen molar-refractivity contribution in [1.82, 2.24) is 9.21 Å². The van der Waals surface area contributed by atoms with Crippen LogP contribution in [0.1, 0.15) is 43.3 Å². The van der Waals surface area contributed by atoms with Gasteiger partial charge in [-0.05, 0) is 61.7 Å². The molecule has 0 saturated carbocycles. The average Bonchev–Trinajstić information content (AvgIpc) is 3.35. The van der Waals surface area contributed by atoms with Gasteiger partial charge in [-0.2, -0.15) is 4.31 Å². The first-order chi connectivity index (χ1) is 18.3. The number of nitrogens with zero attached hydrogens (tertiary/aromatic N) is 2. The molecule has 206 valence electrons. The lowest BCUT2D eigenvalue weighted by atomic mass is 10.1. The largest absolute Gasteiger partial charge is 0.493 e. The third-order valence-corrected chi connectivity index (χ3v) is 8.18. The number of amides is 1. The summed E-state index contributed by atoms with van der Waals surface area (Å²) in [7, 11) is -0.668. The summed E-state index contributed by atoms with van der Waals surface area (Å²) in [5.41, 5.74) is 0.966. The number of methoxy groups -OCH3 is 2. The van der Waals surface area contributed by atoms with Crippen molar-refractivity contribution in [2.45, 2.75) is 51.0 Å². The number of aryl methyl sites for hydroxylation is 1. The van der Waals surface area contributed by atoms with Gasteiger partial charge >= 0.3 is 0 Å². The molecule has 0 spiro atoms. The normalized spacial score (nSPS) is 11.5.